The monoisotopic (exact) mass is 418 g/mol. The smallest absolute Gasteiger partial charge is 0.224 e. The summed E-state index contributed by atoms with van der Waals surface area (Å²) in [4.78, 5) is 18.3. The number of nitrogens with zero attached hydrogens (tertiary/aromatic N) is 2. The van der Waals surface area contributed by atoms with Crippen LogP contribution < -0.4 is 0 Å². The van der Waals surface area contributed by atoms with Crippen molar-refractivity contribution < 1.29 is 4.79 Å². The van der Waals surface area contributed by atoms with Gasteiger partial charge in [0.05, 0.1) is 6.04 Å². The van der Waals surface area contributed by atoms with Crippen molar-refractivity contribution >= 4 is 33.6 Å². The quantitative estimate of drug-likeness (QED) is 0.670. The van der Waals surface area contributed by atoms with E-state index in [4.69, 9.17) is 0 Å². The summed E-state index contributed by atoms with van der Waals surface area (Å²) in [5.74, 6) is 1.12. The van der Waals surface area contributed by atoms with Crippen molar-refractivity contribution in [1.29, 1.82) is 0 Å². The molecule has 1 amide bonds. The third-order valence-electron chi connectivity index (χ3n) is 4.53. The molecular weight excluding hydrogens is 396 g/mol. The maximum atomic E-state index is 12.7. The van der Waals surface area contributed by atoms with Crippen LogP contribution in [0.1, 0.15) is 18.0 Å². The summed E-state index contributed by atoms with van der Waals surface area (Å²) in [6.07, 6.45) is 0.600. The highest BCUT2D eigenvalue weighted by Crippen LogP contribution is 2.30. The largest absolute Gasteiger partial charge is 0.333 e. The highest BCUT2D eigenvalue weighted by Gasteiger charge is 2.27. The normalized spacial score (nSPS) is 17.4. The van der Waals surface area contributed by atoms with Crippen LogP contribution in [0.2, 0.25) is 0 Å². The van der Waals surface area contributed by atoms with Crippen molar-refractivity contribution in [3.8, 4) is 0 Å². The Morgan fingerprint density at radius 3 is 2.48 bits per heavy atom. The number of carbonyl (C=O) groups is 1. The second kappa shape index (κ2) is 8.88. The molecule has 0 radical (unpaired) electrons. The number of halogens is 1. The van der Waals surface area contributed by atoms with Crippen LogP contribution in [-0.2, 0) is 4.79 Å². The number of hydrogen-bond donors (Lipinski definition) is 0. The molecule has 3 nitrogen and oxygen atoms in total. The van der Waals surface area contributed by atoms with Crippen molar-refractivity contribution in [2.45, 2.75) is 17.4 Å². The molecule has 0 spiro atoms. The molecule has 0 N–H and O–H groups in total. The number of likely N-dealkylation sites (N-methyl/N-ethyl adjacent to an activating group) is 1. The first-order valence-electron chi connectivity index (χ1n) is 8.55. The van der Waals surface area contributed by atoms with Gasteiger partial charge in [-0.25, -0.2) is 0 Å². The van der Waals surface area contributed by atoms with E-state index in [-0.39, 0.29) is 11.9 Å². The van der Waals surface area contributed by atoms with Gasteiger partial charge < -0.3 is 9.80 Å². The van der Waals surface area contributed by atoms with Crippen LogP contribution in [0.5, 0.6) is 0 Å². The Morgan fingerprint density at radius 1 is 1.04 bits per heavy atom. The lowest BCUT2D eigenvalue weighted by molar-refractivity contribution is -0.132. The van der Waals surface area contributed by atoms with E-state index in [9.17, 15) is 4.79 Å². The molecule has 0 aromatic heterocycles. The summed E-state index contributed by atoms with van der Waals surface area (Å²) in [5, 5.41) is 0. The zero-order valence-corrected chi connectivity index (χ0v) is 16.8. The second-order valence-corrected chi connectivity index (χ2v) is 8.34. The van der Waals surface area contributed by atoms with Gasteiger partial charge in [0.25, 0.3) is 0 Å². The molecule has 3 rings (SSSR count). The van der Waals surface area contributed by atoms with Gasteiger partial charge >= 0.3 is 0 Å². The Kier molecular flexibility index (Phi) is 6.57. The lowest BCUT2D eigenvalue weighted by atomic mass is 10.1. The Hall–Kier alpha value is -1.30. The highest BCUT2D eigenvalue weighted by molar-refractivity contribution is 9.10. The standard InChI is InChI=1S/C20H23BrN2OS/c1-22-12-11-20(24)23(14-13-22)19(16-5-3-2-4-6-16)15-25-18-9-7-17(21)8-10-18/h2-10,19H,11-15H2,1H3/t19-/m0/s1. The van der Waals surface area contributed by atoms with Crippen molar-refractivity contribution in [1.82, 2.24) is 9.80 Å². The van der Waals surface area contributed by atoms with Crippen molar-refractivity contribution in [3.63, 3.8) is 0 Å². The number of benzene rings is 2. The number of thioether (sulfide) groups is 1. The van der Waals surface area contributed by atoms with Crippen LogP contribution in [0.15, 0.2) is 64.0 Å². The topological polar surface area (TPSA) is 23.6 Å². The van der Waals surface area contributed by atoms with Gasteiger partial charge in [0.15, 0.2) is 0 Å². The number of amides is 1. The Balaban J connectivity index is 1.79. The van der Waals surface area contributed by atoms with Crippen molar-refractivity contribution in [2.24, 2.45) is 0 Å². The van der Waals surface area contributed by atoms with Crippen LogP contribution in [-0.4, -0.2) is 48.1 Å². The Bertz CT molecular complexity index is 693. The zero-order chi connectivity index (χ0) is 17.6. The van der Waals surface area contributed by atoms with Crippen molar-refractivity contribution in [2.75, 3.05) is 32.4 Å². The molecule has 0 bridgehead atoms. The summed E-state index contributed by atoms with van der Waals surface area (Å²) < 4.78 is 1.09. The van der Waals surface area contributed by atoms with Crippen LogP contribution in [0, 0.1) is 0 Å². The van der Waals surface area contributed by atoms with Crippen LogP contribution in [0.3, 0.4) is 0 Å². The third kappa shape index (κ3) is 5.09. The van der Waals surface area contributed by atoms with Gasteiger partial charge in [-0.15, -0.1) is 11.8 Å². The van der Waals surface area contributed by atoms with Gasteiger partial charge in [-0.2, -0.15) is 0 Å². The minimum Gasteiger partial charge on any atom is -0.333 e. The molecule has 1 saturated heterocycles. The molecule has 0 aliphatic carbocycles. The van der Waals surface area contributed by atoms with Crippen LogP contribution >= 0.6 is 27.7 Å². The van der Waals surface area contributed by atoms with Gasteiger partial charge in [0.2, 0.25) is 5.91 Å². The first-order valence-corrected chi connectivity index (χ1v) is 10.3. The molecule has 25 heavy (non-hydrogen) atoms. The summed E-state index contributed by atoms with van der Waals surface area (Å²) >= 11 is 5.29. The lowest BCUT2D eigenvalue weighted by Gasteiger charge is -2.31. The highest BCUT2D eigenvalue weighted by atomic mass is 79.9. The molecule has 1 atom stereocenters. The van der Waals surface area contributed by atoms with Crippen molar-refractivity contribution in [3.05, 3.63) is 64.6 Å². The molecule has 1 heterocycles. The third-order valence-corrected chi connectivity index (χ3v) is 6.15. The molecule has 2 aromatic rings. The van der Waals surface area contributed by atoms with E-state index in [1.165, 1.54) is 10.5 Å². The fraction of sp³-hybridized carbons (Fsp3) is 0.350. The maximum absolute atomic E-state index is 12.7. The Labute approximate surface area is 162 Å². The zero-order valence-electron chi connectivity index (χ0n) is 14.4. The van der Waals surface area contributed by atoms with E-state index in [2.05, 4.69) is 81.3 Å². The SMILES string of the molecule is CN1CCC(=O)N([C@@H](CSc2ccc(Br)cc2)c2ccccc2)CC1. The van der Waals surface area contributed by atoms with Crippen LogP contribution in [0.4, 0.5) is 0 Å². The fourth-order valence-corrected chi connectivity index (χ4v) is 4.34. The molecule has 1 aliphatic heterocycles. The first-order chi connectivity index (χ1) is 12.1. The summed E-state index contributed by atoms with van der Waals surface area (Å²) in [5.41, 5.74) is 1.21. The summed E-state index contributed by atoms with van der Waals surface area (Å²) in [7, 11) is 2.09. The molecule has 1 fully saturated rings. The molecule has 0 unspecified atom stereocenters. The van der Waals surface area contributed by atoms with Gasteiger partial charge in [-0.3, -0.25) is 4.79 Å². The Morgan fingerprint density at radius 2 is 1.76 bits per heavy atom. The molecule has 1 aliphatic rings. The van der Waals surface area contributed by atoms with E-state index >= 15 is 0 Å². The number of hydrogen-bond acceptors (Lipinski definition) is 3. The first kappa shape index (κ1) is 18.5. The van der Waals surface area contributed by atoms with Crippen LogP contribution in [0.25, 0.3) is 0 Å². The maximum Gasteiger partial charge on any atom is 0.224 e. The molecular formula is C20H23BrN2OS. The van der Waals surface area contributed by atoms with E-state index < -0.39 is 0 Å². The predicted octanol–water partition coefficient (Wildman–Crippen LogP) is 4.45. The van der Waals surface area contributed by atoms with Gasteiger partial charge in [-0.1, -0.05) is 46.3 Å². The number of carbonyl (C=O) groups excluding carboxylic acids is 1. The van der Waals surface area contributed by atoms with E-state index in [1.54, 1.807) is 0 Å². The van der Waals surface area contributed by atoms with E-state index in [1.807, 2.05) is 17.8 Å². The lowest BCUT2D eigenvalue weighted by Crippen LogP contribution is -2.37. The molecule has 5 heteroatoms. The van der Waals surface area contributed by atoms with E-state index in [0.717, 1.165) is 29.9 Å². The second-order valence-electron chi connectivity index (χ2n) is 6.33. The molecule has 132 valence electrons. The van der Waals surface area contributed by atoms with E-state index in [0.29, 0.717) is 6.42 Å². The van der Waals surface area contributed by atoms with Gasteiger partial charge in [0, 0.05) is 41.2 Å². The predicted molar refractivity (Wildman–Crippen MR) is 108 cm³/mol. The average molecular weight is 419 g/mol. The van der Waals surface area contributed by atoms with Gasteiger partial charge in [-0.05, 0) is 36.9 Å². The minimum atomic E-state index is 0.105. The number of rotatable bonds is 5. The fourth-order valence-electron chi connectivity index (χ4n) is 3.02. The van der Waals surface area contributed by atoms with Gasteiger partial charge in [0.1, 0.15) is 0 Å². The average Bonchev–Trinajstić information content (AvgIpc) is 2.80. The summed E-state index contributed by atoms with van der Waals surface area (Å²) in [6.45, 7) is 2.56. The summed E-state index contributed by atoms with van der Waals surface area (Å²) in [6, 6.07) is 18.9. The minimum absolute atomic E-state index is 0.105. The molecule has 2 aromatic carbocycles. The molecule has 0 saturated carbocycles.